The topological polar surface area (TPSA) is 59.3 Å². The van der Waals surface area contributed by atoms with Gasteiger partial charge in [0.1, 0.15) is 0 Å². The minimum Gasteiger partial charge on any atom is -0.306 e. The van der Waals surface area contributed by atoms with Crippen molar-refractivity contribution >= 4 is 11.6 Å². The number of carbonyl (C=O) groups is 1. The van der Waals surface area contributed by atoms with Crippen LogP contribution in [0.15, 0.2) is 48.1 Å². The summed E-state index contributed by atoms with van der Waals surface area (Å²) in [5.74, 6) is -0.0885. The van der Waals surface area contributed by atoms with Crippen LogP contribution in [0, 0.1) is 0 Å². The molecular formula is C14H16N4O. The molecule has 0 fully saturated rings. The van der Waals surface area contributed by atoms with Crippen LogP contribution in [0.25, 0.3) is 5.69 Å². The first kappa shape index (κ1) is 13.0. The summed E-state index contributed by atoms with van der Waals surface area (Å²) >= 11 is 0. The first-order valence-corrected chi connectivity index (χ1v) is 6.12. The summed E-state index contributed by atoms with van der Waals surface area (Å²) < 4.78 is 1.93. The highest BCUT2D eigenvalue weighted by atomic mass is 16.2. The summed E-state index contributed by atoms with van der Waals surface area (Å²) in [5.41, 5.74) is 5.29. The van der Waals surface area contributed by atoms with Gasteiger partial charge in [-0.15, -0.1) is 0 Å². The van der Waals surface area contributed by atoms with Crippen LogP contribution in [0.4, 0.5) is 0 Å². The maximum atomic E-state index is 11.1. The maximum Gasteiger partial charge on any atom is 0.239 e. The van der Waals surface area contributed by atoms with Gasteiger partial charge in [0, 0.05) is 24.5 Å². The first-order chi connectivity index (χ1) is 9.20. The molecule has 1 N–H and O–H groups in total. The van der Waals surface area contributed by atoms with Crippen LogP contribution in [-0.2, 0) is 4.79 Å². The number of carbonyl (C=O) groups excluding carboxylic acids is 1. The predicted molar refractivity (Wildman–Crippen MR) is 74.2 cm³/mol. The van der Waals surface area contributed by atoms with Gasteiger partial charge in [-0.2, -0.15) is 5.10 Å². The number of hydrogen-bond acceptors (Lipinski definition) is 3. The molecule has 0 spiro atoms. The van der Waals surface area contributed by atoms with Gasteiger partial charge >= 0.3 is 0 Å². The standard InChI is InChI=1S/C14H16N4O/c1-3-14(19)17-16-11(2)12-4-6-13(7-5-12)18-9-8-15-10-18/h4-10H,3H2,1-2H3,(H,17,19)/b16-11+. The number of amides is 1. The molecule has 1 heterocycles. The highest BCUT2D eigenvalue weighted by molar-refractivity contribution is 5.99. The smallest absolute Gasteiger partial charge is 0.239 e. The van der Waals surface area contributed by atoms with E-state index in [4.69, 9.17) is 0 Å². The Morgan fingerprint density at radius 1 is 1.37 bits per heavy atom. The molecule has 5 nitrogen and oxygen atoms in total. The minimum atomic E-state index is -0.0885. The minimum absolute atomic E-state index is 0.0885. The molecule has 0 atom stereocenters. The van der Waals surface area contributed by atoms with E-state index in [0.29, 0.717) is 6.42 Å². The van der Waals surface area contributed by atoms with Crippen molar-refractivity contribution < 1.29 is 4.79 Å². The van der Waals surface area contributed by atoms with E-state index in [9.17, 15) is 4.79 Å². The van der Waals surface area contributed by atoms with Gasteiger partial charge in [0.25, 0.3) is 0 Å². The van der Waals surface area contributed by atoms with Crippen molar-refractivity contribution in [1.29, 1.82) is 0 Å². The van der Waals surface area contributed by atoms with E-state index < -0.39 is 0 Å². The lowest BCUT2D eigenvalue weighted by Crippen LogP contribution is -2.17. The van der Waals surface area contributed by atoms with E-state index in [1.165, 1.54) is 0 Å². The fourth-order valence-corrected chi connectivity index (χ4v) is 1.58. The number of hydrazone groups is 1. The Labute approximate surface area is 112 Å². The van der Waals surface area contributed by atoms with E-state index in [1.807, 2.05) is 42.0 Å². The summed E-state index contributed by atoms with van der Waals surface area (Å²) in [7, 11) is 0. The zero-order chi connectivity index (χ0) is 13.7. The SMILES string of the molecule is CCC(=O)N/N=C(\C)c1ccc(-n2ccnc2)cc1. The highest BCUT2D eigenvalue weighted by Crippen LogP contribution is 2.09. The Hall–Kier alpha value is -2.43. The number of hydrogen-bond donors (Lipinski definition) is 1. The van der Waals surface area contributed by atoms with Crippen LogP contribution in [0.3, 0.4) is 0 Å². The third-order valence-corrected chi connectivity index (χ3v) is 2.76. The normalized spacial score (nSPS) is 11.4. The first-order valence-electron chi connectivity index (χ1n) is 6.12. The largest absolute Gasteiger partial charge is 0.306 e. The molecule has 0 aliphatic rings. The van der Waals surface area contributed by atoms with Gasteiger partial charge in [0.05, 0.1) is 12.0 Å². The van der Waals surface area contributed by atoms with Crippen LogP contribution < -0.4 is 5.43 Å². The van der Waals surface area contributed by atoms with Crippen LogP contribution in [-0.4, -0.2) is 21.2 Å². The van der Waals surface area contributed by atoms with E-state index >= 15 is 0 Å². The molecule has 1 amide bonds. The number of rotatable bonds is 4. The van der Waals surface area contributed by atoms with Crippen molar-refractivity contribution in [1.82, 2.24) is 15.0 Å². The number of aromatic nitrogens is 2. The molecule has 2 aromatic rings. The van der Waals surface area contributed by atoms with Gasteiger partial charge in [0.15, 0.2) is 0 Å². The Bertz CT molecular complexity index is 570. The summed E-state index contributed by atoms with van der Waals surface area (Å²) in [6.07, 6.45) is 5.80. The summed E-state index contributed by atoms with van der Waals surface area (Å²) in [5, 5.41) is 4.06. The molecular weight excluding hydrogens is 240 g/mol. The van der Waals surface area contributed by atoms with Gasteiger partial charge < -0.3 is 4.57 Å². The zero-order valence-electron chi connectivity index (χ0n) is 11.0. The second kappa shape index (κ2) is 5.95. The molecule has 0 radical (unpaired) electrons. The lowest BCUT2D eigenvalue weighted by molar-refractivity contribution is -0.120. The van der Waals surface area contributed by atoms with Crippen molar-refractivity contribution in [3.8, 4) is 5.69 Å². The average Bonchev–Trinajstić information content (AvgIpc) is 2.98. The fourth-order valence-electron chi connectivity index (χ4n) is 1.58. The van der Waals surface area contributed by atoms with Crippen molar-refractivity contribution in [2.24, 2.45) is 5.10 Å². The van der Waals surface area contributed by atoms with Gasteiger partial charge in [0.2, 0.25) is 5.91 Å². The second-order valence-electron chi connectivity index (χ2n) is 4.10. The quantitative estimate of drug-likeness (QED) is 0.673. The second-order valence-corrected chi connectivity index (χ2v) is 4.10. The van der Waals surface area contributed by atoms with Gasteiger partial charge in [-0.25, -0.2) is 10.4 Å². The van der Waals surface area contributed by atoms with Gasteiger partial charge in [-0.3, -0.25) is 4.79 Å². The predicted octanol–water partition coefficient (Wildman–Crippen LogP) is 2.12. The number of nitrogens with one attached hydrogen (secondary N) is 1. The van der Waals surface area contributed by atoms with E-state index in [1.54, 1.807) is 19.4 Å². The summed E-state index contributed by atoms with van der Waals surface area (Å²) in [6.45, 7) is 3.66. The molecule has 1 aromatic heterocycles. The third-order valence-electron chi connectivity index (χ3n) is 2.76. The highest BCUT2D eigenvalue weighted by Gasteiger charge is 2.00. The van der Waals surface area contributed by atoms with E-state index in [-0.39, 0.29) is 5.91 Å². The molecule has 2 rings (SSSR count). The fraction of sp³-hybridized carbons (Fsp3) is 0.214. The van der Waals surface area contributed by atoms with Crippen molar-refractivity contribution in [2.45, 2.75) is 20.3 Å². The molecule has 0 unspecified atom stereocenters. The molecule has 98 valence electrons. The van der Waals surface area contributed by atoms with Crippen LogP contribution >= 0.6 is 0 Å². The number of benzene rings is 1. The summed E-state index contributed by atoms with van der Waals surface area (Å²) in [4.78, 5) is 15.1. The molecule has 0 aliphatic carbocycles. The van der Waals surface area contributed by atoms with Crippen LogP contribution in [0.2, 0.25) is 0 Å². The molecule has 0 saturated carbocycles. The van der Waals surface area contributed by atoms with E-state index in [2.05, 4.69) is 15.5 Å². The van der Waals surface area contributed by atoms with Gasteiger partial charge in [-0.05, 0) is 24.6 Å². The molecule has 0 aliphatic heterocycles. The molecule has 5 heteroatoms. The Morgan fingerprint density at radius 2 is 2.11 bits per heavy atom. The lowest BCUT2D eigenvalue weighted by Gasteiger charge is -2.05. The lowest BCUT2D eigenvalue weighted by atomic mass is 10.1. The number of imidazole rings is 1. The van der Waals surface area contributed by atoms with E-state index in [0.717, 1.165) is 17.0 Å². The molecule has 19 heavy (non-hydrogen) atoms. The van der Waals surface area contributed by atoms with Crippen molar-refractivity contribution in [3.63, 3.8) is 0 Å². The zero-order valence-corrected chi connectivity index (χ0v) is 11.0. The Morgan fingerprint density at radius 3 is 2.68 bits per heavy atom. The molecule has 1 aromatic carbocycles. The van der Waals surface area contributed by atoms with Crippen LogP contribution in [0.1, 0.15) is 25.8 Å². The monoisotopic (exact) mass is 256 g/mol. The number of nitrogens with zero attached hydrogens (tertiary/aromatic N) is 3. The van der Waals surface area contributed by atoms with Crippen LogP contribution in [0.5, 0.6) is 0 Å². The average molecular weight is 256 g/mol. The molecule has 0 bridgehead atoms. The maximum absolute atomic E-state index is 11.1. The molecule has 0 saturated heterocycles. The Kier molecular flexibility index (Phi) is 4.07. The Balaban J connectivity index is 2.12. The third kappa shape index (κ3) is 3.28. The van der Waals surface area contributed by atoms with Crippen molar-refractivity contribution in [3.05, 3.63) is 48.5 Å². The summed E-state index contributed by atoms with van der Waals surface area (Å²) in [6, 6.07) is 7.90. The van der Waals surface area contributed by atoms with Gasteiger partial charge in [-0.1, -0.05) is 19.1 Å². The van der Waals surface area contributed by atoms with Crippen molar-refractivity contribution in [2.75, 3.05) is 0 Å².